The molecule has 3 aromatic rings. The maximum atomic E-state index is 13.5. The van der Waals surface area contributed by atoms with E-state index in [-0.39, 0.29) is 18.3 Å². The van der Waals surface area contributed by atoms with E-state index >= 15 is 0 Å². The molecule has 7 N–H and O–H groups in total. The van der Waals surface area contributed by atoms with Gasteiger partial charge in [0, 0.05) is 37.9 Å². The van der Waals surface area contributed by atoms with Gasteiger partial charge in [0.25, 0.3) is 0 Å². The maximum Gasteiger partial charge on any atom is 0.247 e. The molecule has 1 aliphatic rings. The summed E-state index contributed by atoms with van der Waals surface area (Å²) >= 11 is 0. The lowest BCUT2D eigenvalue weighted by atomic mass is 9.89. The van der Waals surface area contributed by atoms with E-state index < -0.39 is 11.8 Å². The lowest BCUT2D eigenvalue weighted by Gasteiger charge is -2.34. The second-order valence-electron chi connectivity index (χ2n) is 9.12. The molecular formula is C25H33N7O3. The number of rotatable bonds is 9. The highest BCUT2D eigenvalue weighted by atomic mass is 16.5. The average molecular weight is 480 g/mol. The van der Waals surface area contributed by atoms with Gasteiger partial charge in [-0.05, 0) is 61.7 Å². The number of imidazole rings is 1. The molecule has 4 rings (SSSR count). The molecule has 0 bridgehead atoms. The summed E-state index contributed by atoms with van der Waals surface area (Å²) in [6.07, 6.45) is 0.372. The average Bonchev–Trinajstić information content (AvgIpc) is 3.49. The number of nitrogens with two attached hydrogens (primary N) is 1. The Morgan fingerprint density at radius 2 is 1.89 bits per heavy atom. The summed E-state index contributed by atoms with van der Waals surface area (Å²) in [7, 11) is 1.94. The largest absolute Gasteiger partial charge is 0.384 e. The van der Waals surface area contributed by atoms with Gasteiger partial charge in [0.15, 0.2) is 6.29 Å². The predicted molar refractivity (Wildman–Crippen MR) is 135 cm³/mol. The van der Waals surface area contributed by atoms with Crippen LogP contribution in [0.4, 0.5) is 5.69 Å². The first-order valence-corrected chi connectivity index (χ1v) is 11.7. The molecule has 186 valence electrons. The standard InChI is InChI=1S/C25H33N7O3/c1-25(29-15-22(33)34,24(35)32-11-3-4-12-32)17-7-10-20-19(13-17)30-21(31(20)2)14-28-18-8-5-16(6-9-18)23(26)27/h5-10,13,22,28-29,33-34H,3-4,11-12,14-15H2,1-2H3,(H3,26,27)/t25-/m1/s1. The summed E-state index contributed by atoms with van der Waals surface area (Å²) in [5.41, 5.74) is 8.36. The van der Waals surface area contributed by atoms with Crippen LogP contribution in [0.3, 0.4) is 0 Å². The van der Waals surface area contributed by atoms with Gasteiger partial charge in [-0.15, -0.1) is 0 Å². The van der Waals surface area contributed by atoms with E-state index in [0.29, 0.717) is 25.2 Å². The van der Waals surface area contributed by atoms with Crippen LogP contribution in [0.15, 0.2) is 42.5 Å². The van der Waals surface area contributed by atoms with Crippen molar-refractivity contribution in [3.05, 3.63) is 59.4 Å². The van der Waals surface area contributed by atoms with Gasteiger partial charge >= 0.3 is 0 Å². The zero-order valence-corrected chi connectivity index (χ0v) is 20.1. The van der Waals surface area contributed by atoms with Gasteiger partial charge in [-0.2, -0.15) is 0 Å². The van der Waals surface area contributed by atoms with Crippen molar-refractivity contribution in [2.45, 2.75) is 38.1 Å². The molecule has 2 aromatic carbocycles. The number of nitrogens with zero attached hydrogens (tertiary/aromatic N) is 3. The Bertz CT molecular complexity index is 1220. The Labute approximate surface area is 204 Å². The lowest BCUT2D eigenvalue weighted by molar-refractivity contribution is -0.138. The third-order valence-electron chi connectivity index (χ3n) is 6.66. The highest BCUT2D eigenvalue weighted by Crippen LogP contribution is 2.29. The molecule has 0 aliphatic carbocycles. The van der Waals surface area contributed by atoms with Gasteiger partial charge in [-0.3, -0.25) is 15.5 Å². The third kappa shape index (κ3) is 5.14. The summed E-state index contributed by atoms with van der Waals surface area (Å²) in [5.74, 6) is 0.766. The number of anilines is 1. The number of carbonyl (C=O) groups excluding carboxylic acids is 1. The molecule has 1 atom stereocenters. The number of amides is 1. The number of aliphatic hydroxyl groups excluding tert-OH is 1. The van der Waals surface area contributed by atoms with Crippen LogP contribution < -0.4 is 16.4 Å². The van der Waals surface area contributed by atoms with E-state index in [0.717, 1.165) is 41.0 Å². The summed E-state index contributed by atoms with van der Waals surface area (Å²) in [5, 5.41) is 32.8. The van der Waals surface area contributed by atoms with Crippen LogP contribution in [-0.4, -0.2) is 62.3 Å². The number of aryl methyl sites for hydroxylation is 1. The molecule has 2 heterocycles. The number of aromatic nitrogens is 2. The van der Waals surface area contributed by atoms with Crippen molar-refractivity contribution in [1.82, 2.24) is 19.8 Å². The van der Waals surface area contributed by atoms with E-state index in [1.807, 2.05) is 46.8 Å². The number of hydrogen-bond acceptors (Lipinski definition) is 7. The first-order valence-electron chi connectivity index (χ1n) is 11.7. The number of hydrogen-bond donors (Lipinski definition) is 6. The quantitative estimate of drug-likeness (QED) is 0.153. The zero-order chi connectivity index (χ0) is 25.2. The molecule has 0 unspecified atom stereocenters. The second kappa shape index (κ2) is 10.0. The minimum Gasteiger partial charge on any atom is -0.384 e. The Morgan fingerprint density at radius 1 is 1.20 bits per heavy atom. The number of amidine groups is 1. The van der Waals surface area contributed by atoms with Crippen molar-refractivity contribution in [1.29, 1.82) is 5.41 Å². The molecule has 1 fully saturated rings. The summed E-state index contributed by atoms with van der Waals surface area (Å²) in [6.45, 7) is 3.54. The van der Waals surface area contributed by atoms with Crippen molar-refractivity contribution < 1.29 is 15.0 Å². The number of nitrogen functional groups attached to an aromatic ring is 1. The van der Waals surface area contributed by atoms with Crippen LogP contribution in [0.2, 0.25) is 0 Å². The fraction of sp³-hybridized carbons (Fsp3) is 0.400. The highest BCUT2D eigenvalue weighted by molar-refractivity contribution is 5.95. The number of nitrogens with one attached hydrogen (secondary N) is 3. The van der Waals surface area contributed by atoms with Crippen LogP contribution in [0, 0.1) is 5.41 Å². The van der Waals surface area contributed by atoms with E-state index in [1.165, 1.54) is 0 Å². The van der Waals surface area contributed by atoms with Crippen molar-refractivity contribution in [3.63, 3.8) is 0 Å². The van der Waals surface area contributed by atoms with E-state index in [1.54, 1.807) is 19.1 Å². The smallest absolute Gasteiger partial charge is 0.247 e. The van der Waals surface area contributed by atoms with Gasteiger partial charge < -0.3 is 30.7 Å². The van der Waals surface area contributed by atoms with Gasteiger partial charge in [0.05, 0.1) is 17.6 Å². The first-order chi connectivity index (χ1) is 16.7. The van der Waals surface area contributed by atoms with Gasteiger partial charge in [-0.25, -0.2) is 4.98 Å². The molecule has 10 heteroatoms. The molecule has 0 saturated carbocycles. The Hall–Kier alpha value is -3.47. The monoisotopic (exact) mass is 479 g/mol. The van der Waals surface area contributed by atoms with Crippen LogP contribution in [0.25, 0.3) is 11.0 Å². The SMILES string of the molecule is Cn1c(CNc2ccc(C(=N)N)cc2)nc2cc([C@@](C)(NCC(O)O)C(=O)N3CCCC3)ccc21. The Balaban J connectivity index is 1.59. The molecule has 0 radical (unpaired) electrons. The van der Waals surface area contributed by atoms with E-state index in [2.05, 4.69) is 10.6 Å². The first kappa shape index (κ1) is 24.6. The molecule has 10 nitrogen and oxygen atoms in total. The van der Waals surface area contributed by atoms with E-state index in [9.17, 15) is 15.0 Å². The van der Waals surface area contributed by atoms with Crippen LogP contribution in [0.5, 0.6) is 0 Å². The number of aliphatic hydroxyl groups is 2. The fourth-order valence-corrected chi connectivity index (χ4v) is 4.50. The summed E-state index contributed by atoms with van der Waals surface area (Å²) in [4.78, 5) is 20.1. The predicted octanol–water partition coefficient (Wildman–Crippen LogP) is 1.21. The molecule has 35 heavy (non-hydrogen) atoms. The molecule has 1 aromatic heterocycles. The molecule has 0 spiro atoms. The zero-order valence-electron chi connectivity index (χ0n) is 20.1. The van der Waals surface area contributed by atoms with Crippen LogP contribution in [0.1, 0.15) is 36.7 Å². The number of likely N-dealkylation sites (tertiary alicyclic amines) is 1. The third-order valence-corrected chi connectivity index (χ3v) is 6.66. The summed E-state index contributed by atoms with van der Waals surface area (Å²) < 4.78 is 2.00. The van der Waals surface area contributed by atoms with Crippen molar-refractivity contribution in [2.75, 3.05) is 25.0 Å². The fourth-order valence-electron chi connectivity index (χ4n) is 4.50. The van der Waals surface area contributed by atoms with Gasteiger partial charge in [0.2, 0.25) is 5.91 Å². The molecular weight excluding hydrogens is 446 g/mol. The molecule has 1 aliphatic heterocycles. The highest BCUT2D eigenvalue weighted by Gasteiger charge is 2.39. The Morgan fingerprint density at radius 3 is 2.51 bits per heavy atom. The van der Waals surface area contributed by atoms with Gasteiger partial charge in [-0.1, -0.05) is 6.07 Å². The van der Waals surface area contributed by atoms with Crippen molar-refractivity contribution in [3.8, 4) is 0 Å². The maximum absolute atomic E-state index is 13.5. The molecule has 1 saturated heterocycles. The topological polar surface area (TPSA) is 153 Å². The Kier molecular flexibility index (Phi) is 7.06. The normalized spacial score (nSPS) is 15.5. The minimum absolute atomic E-state index is 0.0286. The van der Waals surface area contributed by atoms with Crippen LogP contribution in [-0.2, 0) is 23.9 Å². The number of carbonyl (C=O) groups is 1. The number of fused-ring (bicyclic) bond motifs is 1. The van der Waals surface area contributed by atoms with Gasteiger partial charge in [0.1, 0.15) is 17.2 Å². The minimum atomic E-state index is -1.57. The van der Waals surface area contributed by atoms with Crippen LogP contribution >= 0.6 is 0 Å². The molecule has 1 amide bonds. The van der Waals surface area contributed by atoms with Crippen molar-refractivity contribution in [2.24, 2.45) is 12.8 Å². The lowest BCUT2D eigenvalue weighted by Crippen LogP contribution is -2.54. The number of benzene rings is 2. The summed E-state index contributed by atoms with van der Waals surface area (Å²) in [6, 6.07) is 13.1. The van der Waals surface area contributed by atoms with Crippen molar-refractivity contribution >= 4 is 28.5 Å². The van der Waals surface area contributed by atoms with E-state index in [4.69, 9.17) is 16.1 Å². The second-order valence-corrected chi connectivity index (χ2v) is 9.12.